The fraction of sp³-hybridized carbons (Fsp3) is 0.167. The zero-order valence-corrected chi connectivity index (χ0v) is 32.7. The van der Waals surface area contributed by atoms with Crippen LogP contribution in [0.4, 0.5) is 11.4 Å². The van der Waals surface area contributed by atoms with Gasteiger partial charge in [0.2, 0.25) is 5.69 Å². The van der Waals surface area contributed by atoms with E-state index in [4.69, 9.17) is 0 Å². The molecule has 0 saturated heterocycles. The van der Waals surface area contributed by atoms with Crippen molar-refractivity contribution in [3.63, 3.8) is 0 Å². The maximum Gasteiger partial charge on any atom is 0.210 e. The van der Waals surface area contributed by atoms with E-state index in [1.807, 2.05) is 0 Å². The number of likely N-dealkylation sites (N-methyl/N-ethyl adjacent to an activating group) is 1. The second-order valence-corrected chi connectivity index (χ2v) is 15.9. The summed E-state index contributed by atoms with van der Waals surface area (Å²) in [4.78, 5) is 2.46. The van der Waals surface area contributed by atoms with E-state index in [1.54, 1.807) is 0 Å². The second kappa shape index (κ2) is 14.8. The molecule has 0 aliphatic carbocycles. The summed E-state index contributed by atoms with van der Waals surface area (Å²) in [5, 5.41) is 2.61. The summed E-state index contributed by atoms with van der Waals surface area (Å²) in [5.41, 5.74) is 14.1. The molecule has 0 unspecified atom stereocenters. The minimum absolute atomic E-state index is 0.264. The maximum absolute atomic E-state index is 2.47. The zero-order chi connectivity index (χ0) is 38.1. The van der Waals surface area contributed by atoms with Crippen molar-refractivity contribution < 1.29 is 4.58 Å². The van der Waals surface area contributed by atoms with Crippen LogP contribution in [0.5, 0.6) is 0 Å². The molecular weight excluding hydrogens is 677 g/mol. The molecule has 7 aromatic rings. The van der Waals surface area contributed by atoms with Crippen molar-refractivity contribution in [2.24, 2.45) is 0 Å². The van der Waals surface area contributed by atoms with Crippen LogP contribution in [-0.4, -0.2) is 24.4 Å². The number of hydrogen-bond acceptors (Lipinski definition) is 1. The number of allylic oxidation sites excluding steroid dienone is 4. The molecule has 56 heavy (non-hydrogen) atoms. The molecule has 0 radical (unpaired) electrons. The molecule has 0 amide bonds. The van der Waals surface area contributed by atoms with Crippen molar-refractivity contribution in [1.82, 2.24) is 0 Å². The van der Waals surface area contributed by atoms with Crippen LogP contribution in [0.3, 0.4) is 0 Å². The first-order valence-corrected chi connectivity index (χ1v) is 20.0. The predicted octanol–water partition coefficient (Wildman–Crippen LogP) is 11.9. The monoisotopic (exact) mass is 725 g/mol. The van der Waals surface area contributed by atoms with Gasteiger partial charge in [-0.2, -0.15) is 4.58 Å². The Balaban J connectivity index is 1.24. The number of aryl methyl sites for hydroxylation is 1. The molecule has 2 heterocycles. The Morgan fingerprint density at radius 3 is 1.61 bits per heavy atom. The standard InChI is InChI=1S/C54H49N2/c1-40-31-33-48-47(35-40)53(36-41-19-8-4-9-20-41,37-42-21-10-5-11-22-42)50(55(48)2)29-18-30-51-54(38-43-23-12-6-13-24-43,39-44-25-14-7-15-26-44)52-46-28-17-16-27-45(46)32-34-49(52)56(51)3/h4-35H,36-39H2,1-3H3/q+1. The van der Waals surface area contributed by atoms with Gasteiger partial charge in [-0.3, -0.25) is 0 Å². The first-order valence-electron chi connectivity index (χ1n) is 20.0. The molecule has 7 aromatic carbocycles. The van der Waals surface area contributed by atoms with Crippen LogP contribution < -0.4 is 4.90 Å². The number of hydrogen-bond donors (Lipinski definition) is 0. The topological polar surface area (TPSA) is 6.25 Å². The summed E-state index contributed by atoms with van der Waals surface area (Å²) < 4.78 is 2.47. The van der Waals surface area contributed by atoms with Gasteiger partial charge in [-0.15, -0.1) is 0 Å². The van der Waals surface area contributed by atoms with Crippen molar-refractivity contribution in [3.8, 4) is 0 Å². The molecule has 0 atom stereocenters. The maximum atomic E-state index is 2.47. The minimum atomic E-state index is -0.310. The lowest BCUT2D eigenvalue weighted by molar-refractivity contribution is -0.401. The summed E-state index contributed by atoms with van der Waals surface area (Å²) in [5.74, 6) is 0. The van der Waals surface area contributed by atoms with Gasteiger partial charge in [0.15, 0.2) is 5.71 Å². The van der Waals surface area contributed by atoms with E-state index in [0.717, 1.165) is 25.7 Å². The Hall–Kier alpha value is -6.25. The van der Waals surface area contributed by atoms with Gasteiger partial charge in [0.05, 0.1) is 5.41 Å². The van der Waals surface area contributed by atoms with Gasteiger partial charge in [0.1, 0.15) is 7.05 Å². The average Bonchev–Trinajstić information content (AvgIpc) is 3.58. The highest BCUT2D eigenvalue weighted by Gasteiger charge is 2.51. The highest BCUT2D eigenvalue weighted by Crippen LogP contribution is 2.52. The average molecular weight is 726 g/mol. The molecule has 0 spiro atoms. The largest absolute Gasteiger partial charge is 0.347 e. The first-order chi connectivity index (χ1) is 27.4. The molecular formula is C54H49N2+. The summed E-state index contributed by atoms with van der Waals surface area (Å²) >= 11 is 0. The molecule has 0 aromatic heterocycles. The van der Waals surface area contributed by atoms with Gasteiger partial charge < -0.3 is 4.90 Å². The van der Waals surface area contributed by atoms with E-state index in [9.17, 15) is 0 Å². The van der Waals surface area contributed by atoms with E-state index >= 15 is 0 Å². The smallest absolute Gasteiger partial charge is 0.210 e. The third kappa shape index (κ3) is 6.30. The van der Waals surface area contributed by atoms with Gasteiger partial charge in [-0.05, 0) is 89.4 Å². The Morgan fingerprint density at radius 1 is 0.554 bits per heavy atom. The SMILES string of the molecule is Cc1ccc2c(c1)C(Cc1ccccc1)(Cc1ccccc1)/C(=C\C=C\C1=[N+](C)c3ccc4ccccc4c3C1(Cc1ccccc1)Cc1ccccc1)N2C. The van der Waals surface area contributed by atoms with Gasteiger partial charge >= 0.3 is 0 Å². The van der Waals surface area contributed by atoms with E-state index in [0.29, 0.717) is 0 Å². The molecule has 0 N–H and O–H groups in total. The quantitative estimate of drug-likeness (QED) is 0.127. The Morgan fingerprint density at radius 2 is 1.05 bits per heavy atom. The summed E-state index contributed by atoms with van der Waals surface area (Å²) in [6.07, 6.45) is 10.8. The first kappa shape index (κ1) is 35.5. The molecule has 2 aliphatic heterocycles. The number of rotatable bonds is 10. The van der Waals surface area contributed by atoms with E-state index in [-0.39, 0.29) is 10.8 Å². The molecule has 2 heteroatoms. The third-order valence-corrected chi connectivity index (χ3v) is 12.4. The number of benzene rings is 7. The van der Waals surface area contributed by atoms with Crippen LogP contribution in [0.25, 0.3) is 10.8 Å². The molecule has 0 saturated carbocycles. The summed E-state index contributed by atoms with van der Waals surface area (Å²) in [6.45, 7) is 2.23. The highest BCUT2D eigenvalue weighted by atomic mass is 15.2. The fourth-order valence-corrected chi connectivity index (χ4v) is 9.94. The predicted molar refractivity (Wildman–Crippen MR) is 236 cm³/mol. The van der Waals surface area contributed by atoms with Gasteiger partial charge in [0, 0.05) is 41.6 Å². The zero-order valence-electron chi connectivity index (χ0n) is 32.7. The van der Waals surface area contributed by atoms with Crippen molar-refractivity contribution in [2.75, 3.05) is 19.0 Å². The number of fused-ring (bicyclic) bond motifs is 4. The summed E-state index contributed by atoms with van der Waals surface area (Å²) in [7, 11) is 4.53. The van der Waals surface area contributed by atoms with Crippen LogP contribution in [0.15, 0.2) is 200 Å². The van der Waals surface area contributed by atoms with E-state index in [1.165, 1.54) is 72.5 Å². The lowest BCUT2D eigenvalue weighted by atomic mass is 9.67. The van der Waals surface area contributed by atoms with Crippen LogP contribution in [0.1, 0.15) is 38.9 Å². The van der Waals surface area contributed by atoms with Crippen molar-refractivity contribution in [2.45, 2.75) is 43.4 Å². The molecule has 0 bridgehead atoms. The lowest BCUT2D eigenvalue weighted by Crippen LogP contribution is -2.39. The molecule has 9 rings (SSSR count). The molecule has 274 valence electrons. The normalized spacial score (nSPS) is 16.2. The van der Waals surface area contributed by atoms with Gasteiger partial charge in [0.25, 0.3) is 0 Å². The molecule has 2 nitrogen and oxygen atoms in total. The van der Waals surface area contributed by atoms with Crippen LogP contribution in [-0.2, 0) is 36.5 Å². The Kier molecular flexibility index (Phi) is 9.35. The van der Waals surface area contributed by atoms with Crippen molar-refractivity contribution in [3.05, 3.63) is 239 Å². The number of nitrogens with zero attached hydrogens (tertiary/aromatic N) is 2. The summed E-state index contributed by atoms with van der Waals surface area (Å²) in [6, 6.07) is 64.9. The van der Waals surface area contributed by atoms with Crippen LogP contribution in [0, 0.1) is 6.92 Å². The number of anilines is 1. The highest BCUT2D eigenvalue weighted by molar-refractivity contribution is 6.08. The van der Waals surface area contributed by atoms with Crippen molar-refractivity contribution in [1.29, 1.82) is 0 Å². The van der Waals surface area contributed by atoms with Crippen LogP contribution >= 0.6 is 0 Å². The lowest BCUT2D eigenvalue weighted by Gasteiger charge is -2.34. The Labute approximate surface area is 332 Å². The second-order valence-electron chi connectivity index (χ2n) is 15.9. The Bertz CT molecular complexity index is 2520. The van der Waals surface area contributed by atoms with Gasteiger partial charge in [-0.25, -0.2) is 0 Å². The minimum Gasteiger partial charge on any atom is -0.347 e. The van der Waals surface area contributed by atoms with Crippen molar-refractivity contribution >= 4 is 27.9 Å². The van der Waals surface area contributed by atoms with Crippen LogP contribution in [0.2, 0.25) is 0 Å². The third-order valence-electron chi connectivity index (χ3n) is 12.4. The molecule has 2 aliphatic rings. The van der Waals surface area contributed by atoms with Gasteiger partial charge in [-0.1, -0.05) is 169 Å². The fourth-order valence-electron chi connectivity index (χ4n) is 9.94. The molecule has 0 fully saturated rings. The van der Waals surface area contributed by atoms with E-state index in [2.05, 4.69) is 225 Å². The van der Waals surface area contributed by atoms with E-state index < -0.39 is 0 Å².